The third kappa shape index (κ3) is 6.79. The van der Waals surface area contributed by atoms with Gasteiger partial charge in [0.2, 0.25) is 0 Å². The summed E-state index contributed by atoms with van der Waals surface area (Å²) in [6.45, 7) is 9.42. The number of aliphatic hydroxyl groups excluding tert-OH is 1. The summed E-state index contributed by atoms with van der Waals surface area (Å²) in [6, 6.07) is 8.85. The minimum atomic E-state index is 0.211. The Morgan fingerprint density at radius 3 is 2.62 bits per heavy atom. The molecular formula is C17H29ClN2O. The minimum Gasteiger partial charge on any atom is -0.395 e. The largest absolute Gasteiger partial charge is 0.395 e. The van der Waals surface area contributed by atoms with E-state index in [1.165, 1.54) is 5.56 Å². The molecule has 0 saturated carbocycles. The van der Waals surface area contributed by atoms with Crippen molar-refractivity contribution in [2.75, 3.05) is 26.2 Å². The molecule has 0 saturated heterocycles. The number of hydrogen-bond donors (Lipinski definition) is 2. The van der Waals surface area contributed by atoms with Gasteiger partial charge in [0.25, 0.3) is 0 Å². The van der Waals surface area contributed by atoms with Crippen molar-refractivity contribution in [3.63, 3.8) is 0 Å². The molecular weight excluding hydrogens is 284 g/mol. The fourth-order valence-electron chi connectivity index (χ4n) is 2.48. The van der Waals surface area contributed by atoms with Crippen LogP contribution in [0.4, 0.5) is 0 Å². The second-order valence-corrected chi connectivity index (χ2v) is 6.14. The molecule has 0 aliphatic heterocycles. The van der Waals surface area contributed by atoms with Gasteiger partial charge in [0, 0.05) is 30.2 Å². The van der Waals surface area contributed by atoms with Gasteiger partial charge in [-0.05, 0) is 50.9 Å². The maximum Gasteiger partial charge on any atom is 0.0558 e. The Labute approximate surface area is 134 Å². The predicted molar refractivity (Wildman–Crippen MR) is 90.9 cm³/mol. The zero-order valence-corrected chi connectivity index (χ0v) is 14.2. The van der Waals surface area contributed by atoms with Crippen LogP contribution in [0.15, 0.2) is 24.3 Å². The summed E-state index contributed by atoms with van der Waals surface area (Å²) in [5.41, 5.74) is 1.24. The van der Waals surface area contributed by atoms with Crippen LogP contribution in [0.2, 0.25) is 5.02 Å². The van der Waals surface area contributed by atoms with Gasteiger partial charge in [-0.15, -0.1) is 0 Å². The van der Waals surface area contributed by atoms with Crippen molar-refractivity contribution in [3.8, 4) is 0 Å². The first-order valence-corrected chi connectivity index (χ1v) is 8.30. The highest BCUT2D eigenvalue weighted by Gasteiger charge is 2.15. The second kappa shape index (κ2) is 10.2. The molecule has 120 valence electrons. The van der Waals surface area contributed by atoms with Crippen LogP contribution < -0.4 is 5.32 Å². The van der Waals surface area contributed by atoms with E-state index in [9.17, 15) is 5.11 Å². The third-order valence-electron chi connectivity index (χ3n) is 3.71. The van der Waals surface area contributed by atoms with E-state index < -0.39 is 0 Å². The van der Waals surface area contributed by atoms with E-state index in [4.69, 9.17) is 11.6 Å². The molecule has 1 rings (SSSR count). The van der Waals surface area contributed by atoms with E-state index in [0.29, 0.717) is 12.1 Å². The molecule has 0 radical (unpaired) electrons. The van der Waals surface area contributed by atoms with E-state index in [0.717, 1.165) is 37.5 Å². The number of hydrogen-bond acceptors (Lipinski definition) is 3. The van der Waals surface area contributed by atoms with Crippen molar-refractivity contribution in [1.29, 1.82) is 0 Å². The molecule has 0 heterocycles. The van der Waals surface area contributed by atoms with Crippen molar-refractivity contribution >= 4 is 11.6 Å². The molecule has 1 aromatic rings. The second-order valence-electron chi connectivity index (χ2n) is 5.70. The predicted octanol–water partition coefficient (Wildman–Crippen LogP) is 3.47. The highest BCUT2D eigenvalue weighted by atomic mass is 35.5. The Hall–Kier alpha value is -0.610. The van der Waals surface area contributed by atoms with Crippen molar-refractivity contribution in [2.45, 2.75) is 45.7 Å². The van der Waals surface area contributed by atoms with Gasteiger partial charge < -0.3 is 10.4 Å². The molecule has 1 unspecified atom stereocenters. The fourth-order valence-corrected chi connectivity index (χ4v) is 2.68. The van der Waals surface area contributed by atoms with E-state index >= 15 is 0 Å². The molecule has 1 aromatic carbocycles. The van der Waals surface area contributed by atoms with Gasteiger partial charge in [0.15, 0.2) is 0 Å². The zero-order valence-electron chi connectivity index (χ0n) is 13.5. The number of aliphatic hydroxyl groups is 1. The number of nitrogens with one attached hydrogen (secondary N) is 1. The Balaban J connectivity index is 2.69. The number of halogens is 1. The van der Waals surface area contributed by atoms with Crippen molar-refractivity contribution in [1.82, 2.24) is 10.2 Å². The van der Waals surface area contributed by atoms with E-state index in [1.54, 1.807) is 0 Å². The lowest BCUT2D eigenvalue weighted by molar-refractivity contribution is 0.159. The van der Waals surface area contributed by atoms with Crippen LogP contribution in [0.3, 0.4) is 0 Å². The maximum absolute atomic E-state index is 9.17. The van der Waals surface area contributed by atoms with Crippen molar-refractivity contribution < 1.29 is 5.11 Å². The molecule has 4 heteroatoms. The topological polar surface area (TPSA) is 35.5 Å². The van der Waals surface area contributed by atoms with Crippen LogP contribution in [-0.4, -0.2) is 42.3 Å². The fraction of sp³-hybridized carbons (Fsp3) is 0.647. The summed E-state index contributed by atoms with van der Waals surface area (Å²) >= 11 is 6.11. The molecule has 3 nitrogen and oxygen atoms in total. The van der Waals surface area contributed by atoms with Crippen LogP contribution in [0.1, 0.15) is 45.2 Å². The summed E-state index contributed by atoms with van der Waals surface area (Å²) in [4.78, 5) is 2.31. The zero-order chi connectivity index (χ0) is 15.7. The lowest BCUT2D eigenvalue weighted by atomic mass is 10.0. The molecule has 0 aromatic heterocycles. The van der Waals surface area contributed by atoms with Gasteiger partial charge in [-0.2, -0.15) is 0 Å². The number of rotatable bonds is 10. The van der Waals surface area contributed by atoms with Gasteiger partial charge in [0.05, 0.1) is 6.61 Å². The molecule has 0 aliphatic carbocycles. The van der Waals surface area contributed by atoms with Crippen molar-refractivity contribution in [2.24, 2.45) is 0 Å². The molecule has 21 heavy (non-hydrogen) atoms. The Kier molecular flexibility index (Phi) is 8.93. The van der Waals surface area contributed by atoms with E-state index in [2.05, 4.69) is 37.1 Å². The van der Waals surface area contributed by atoms with Gasteiger partial charge in [0.1, 0.15) is 0 Å². The van der Waals surface area contributed by atoms with Gasteiger partial charge >= 0.3 is 0 Å². The van der Waals surface area contributed by atoms with Crippen LogP contribution in [-0.2, 0) is 0 Å². The maximum atomic E-state index is 9.17. The Morgan fingerprint density at radius 1 is 1.29 bits per heavy atom. The lowest BCUT2D eigenvalue weighted by Gasteiger charge is -2.28. The molecule has 1 atom stereocenters. The van der Waals surface area contributed by atoms with Crippen LogP contribution in [0.25, 0.3) is 0 Å². The standard InChI is InChI=1S/C17H29ClN2O/c1-4-9-19-17(15-6-5-7-16(18)13-15)8-10-20(11-12-21)14(2)3/h5-7,13-14,17,19,21H,4,8-12H2,1-3H3. The monoisotopic (exact) mass is 312 g/mol. The van der Waals surface area contributed by atoms with Crippen molar-refractivity contribution in [3.05, 3.63) is 34.9 Å². The van der Waals surface area contributed by atoms with E-state index in [1.807, 2.05) is 18.2 Å². The van der Waals surface area contributed by atoms with Gasteiger partial charge in [-0.3, -0.25) is 4.90 Å². The Morgan fingerprint density at radius 2 is 2.05 bits per heavy atom. The van der Waals surface area contributed by atoms with Gasteiger partial charge in [-0.25, -0.2) is 0 Å². The summed E-state index contributed by atoms with van der Waals surface area (Å²) in [5, 5.41) is 13.6. The van der Waals surface area contributed by atoms with Crippen LogP contribution in [0, 0.1) is 0 Å². The average Bonchev–Trinajstić information content (AvgIpc) is 2.45. The summed E-state index contributed by atoms with van der Waals surface area (Å²) in [6.07, 6.45) is 2.13. The first-order valence-electron chi connectivity index (χ1n) is 7.92. The molecule has 0 bridgehead atoms. The van der Waals surface area contributed by atoms with Crippen LogP contribution in [0.5, 0.6) is 0 Å². The molecule has 0 fully saturated rings. The normalized spacial score (nSPS) is 13.1. The first-order chi connectivity index (χ1) is 10.1. The van der Waals surface area contributed by atoms with E-state index in [-0.39, 0.29) is 6.61 Å². The summed E-state index contributed by atoms with van der Waals surface area (Å²) < 4.78 is 0. The molecule has 2 N–H and O–H groups in total. The molecule has 0 aliphatic rings. The average molecular weight is 313 g/mol. The minimum absolute atomic E-state index is 0.211. The smallest absolute Gasteiger partial charge is 0.0558 e. The summed E-state index contributed by atoms with van der Waals surface area (Å²) in [5.74, 6) is 0. The van der Waals surface area contributed by atoms with Gasteiger partial charge in [-0.1, -0.05) is 30.7 Å². The molecule has 0 amide bonds. The quantitative estimate of drug-likeness (QED) is 0.694. The number of nitrogens with zero attached hydrogens (tertiary/aromatic N) is 1. The highest BCUT2D eigenvalue weighted by Crippen LogP contribution is 2.21. The molecule has 0 spiro atoms. The SMILES string of the molecule is CCCNC(CCN(CCO)C(C)C)c1cccc(Cl)c1. The number of benzene rings is 1. The Bertz CT molecular complexity index is 398. The van der Waals surface area contributed by atoms with Crippen LogP contribution >= 0.6 is 11.6 Å². The first kappa shape index (κ1) is 18.4. The highest BCUT2D eigenvalue weighted by molar-refractivity contribution is 6.30. The third-order valence-corrected chi connectivity index (χ3v) is 3.95. The summed E-state index contributed by atoms with van der Waals surface area (Å²) in [7, 11) is 0. The lowest BCUT2D eigenvalue weighted by Crippen LogP contribution is -2.36.